The molecule has 0 heterocycles. The number of rotatable bonds is 7. The van der Waals surface area contributed by atoms with E-state index in [1.807, 2.05) is 32.0 Å². The fraction of sp³-hybridized carbons (Fsp3) is 0.263. The number of aryl methyl sites for hydroxylation is 2. The lowest BCUT2D eigenvalue weighted by Gasteiger charge is -2.15. The fourth-order valence-electron chi connectivity index (χ4n) is 2.28. The van der Waals surface area contributed by atoms with Crippen LogP contribution < -0.4 is 10.1 Å². The topological polar surface area (TPSA) is 75.6 Å². The predicted octanol–water partition coefficient (Wildman–Crippen LogP) is 3.01. The van der Waals surface area contributed by atoms with Crippen molar-refractivity contribution in [1.29, 1.82) is 0 Å². The molecule has 0 unspecified atom stereocenters. The average Bonchev–Trinajstić information content (AvgIpc) is 2.56. The van der Waals surface area contributed by atoms with Gasteiger partial charge in [-0.25, -0.2) is 4.79 Å². The maximum absolute atomic E-state index is 12.0. The Bertz CT molecular complexity index is 713. The minimum atomic E-state index is -1.09. The number of carbonyl (C=O) groups excluding carboxylic acids is 1. The third-order valence-electron chi connectivity index (χ3n) is 3.62. The number of nitrogens with one attached hydrogen (secondary N) is 1. The lowest BCUT2D eigenvalue weighted by atomic mass is 10.1. The first-order valence-electron chi connectivity index (χ1n) is 7.74. The second-order valence-corrected chi connectivity index (χ2v) is 5.62. The van der Waals surface area contributed by atoms with Crippen molar-refractivity contribution >= 4 is 11.9 Å². The molecule has 5 nitrogen and oxygen atoms in total. The average molecular weight is 327 g/mol. The van der Waals surface area contributed by atoms with Gasteiger partial charge in [0, 0.05) is 0 Å². The van der Waals surface area contributed by atoms with Crippen LogP contribution in [0.5, 0.6) is 5.75 Å². The van der Waals surface area contributed by atoms with Gasteiger partial charge >= 0.3 is 5.97 Å². The van der Waals surface area contributed by atoms with Crippen molar-refractivity contribution in [2.75, 3.05) is 6.61 Å². The number of amides is 1. The highest BCUT2D eigenvalue weighted by molar-refractivity contribution is 5.84. The molecular formula is C19H21NO4. The summed E-state index contributed by atoms with van der Waals surface area (Å²) in [5.74, 6) is -0.720. The summed E-state index contributed by atoms with van der Waals surface area (Å²) in [6.07, 6.45) is 0.0873. The van der Waals surface area contributed by atoms with Gasteiger partial charge in [-0.2, -0.15) is 0 Å². The van der Waals surface area contributed by atoms with Crippen LogP contribution in [0, 0.1) is 13.8 Å². The Balaban J connectivity index is 1.90. The van der Waals surface area contributed by atoms with Gasteiger partial charge in [-0.1, -0.05) is 42.5 Å². The molecular weight excluding hydrogens is 306 g/mol. The molecule has 5 heteroatoms. The smallest absolute Gasteiger partial charge is 0.330 e. The van der Waals surface area contributed by atoms with Gasteiger partial charge in [-0.15, -0.1) is 0 Å². The first-order valence-corrected chi connectivity index (χ1v) is 7.74. The molecule has 0 saturated carbocycles. The maximum atomic E-state index is 12.0. The van der Waals surface area contributed by atoms with Crippen LogP contribution in [0.25, 0.3) is 0 Å². The van der Waals surface area contributed by atoms with E-state index in [4.69, 9.17) is 4.74 Å². The van der Waals surface area contributed by atoms with Crippen LogP contribution in [0.1, 0.15) is 29.2 Å². The van der Waals surface area contributed by atoms with Gasteiger partial charge in [0.2, 0.25) is 5.91 Å². The highest BCUT2D eigenvalue weighted by Crippen LogP contribution is 2.19. The van der Waals surface area contributed by atoms with Crippen LogP contribution in [-0.4, -0.2) is 23.6 Å². The van der Waals surface area contributed by atoms with Crippen LogP contribution in [0.4, 0.5) is 0 Å². The van der Waals surface area contributed by atoms with Crippen molar-refractivity contribution in [1.82, 2.24) is 5.32 Å². The molecule has 0 bridgehead atoms. The number of carboxylic acids is 1. The van der Waals surface area contributed by atoms with Crippen molar-refractivity contribution in [2.24, 2.45) is 0 Å². The van der Waals surface area contributed by atoms with E-state index >= 15 is 0 Å². The third kappa shape index (κ3) is 4.84. The van der Waals surface area contributed by atoms with Gasteiger partial charge in [-0.3, -0.25) is 4.79 Å². The Labute approximate surface area is 141 Å². The zero-order valence-electron chi connectivity index (χ0n) is 13.8. The Kier molecular flexibility index (Phi) is 5.95. The summed E-state index contributed by atoms with van der Waals surface area (Å²) in [5.41, 5.74) is 2.61. The first-order chi connectivity index (χ1) is 11.5. The molecule has 126 valence electrons. The summed E-state index contributed by atoms with van der Waals surface area (Å²) in [7, 11) is 0. The first kappa shape index (κ1) is 17.5. The molecule has 1 atom stereocenters. The van der Waals surface area contributed by atoms with E-state index in [0.717, 1.165) is 16.9 Å². The number of hydrogen-bond donors (Lipinski definition) is 2. The van der Waals surface area contributed by atoms with Gasteiger partial charge in [0.15, 0.2) is 6.04 Å². The van der Waals surface area contributed by atoms with Gasteiger partial charge in [0.1, 0.15) is 5.75 Å². The molecule has 1 amide bonds. The predicted molar refractivity (Wildman–Crippen MR) is 91.0 cm³/mol. The second-order valence-electron chi connectivity index (χ2n) is 5.62. The Morgan fingerprint density at radius 2 is 1.83 bits per heavy atom. The van der Waals surface area contributed by atoms with Crippen LogP contribution >= 0.6 is 0 Å². The molecule has 0 radical (unpaired) electrons. The van der Waals surface area contributed by atoms with E-state index in [-0.39, 0.29) is 18.9 Å². The van der Waals surface area contributed by atoms with E-state index in [2.05, 4.69) is 5.32 Å². The molecule has 0 aliphatic carbocycles. The number of benzene rings is 2. The summed E-state index contributed by atoms with van der Waals surface area (Å²) in [6, 6.07) is 13.4. The number of aliphatic carboxylic acids is 1. The summed E-state index contributed by atoms with van der Waals surface area (Å²) in [6.45, 7) is 4.10. The minimum Gasteiger partial charge on any atom is -0.493 e. The van der Waals surface area contributed by atoms with Gasteiger partial charge < -0.3 is 15.2 Å². The van der Waals surface area contributed by atoms with Crippen LogP contribution in [0.3, 0.4) is 0 Å². The van der Waals surface area contributed by atoms with E-state index < -0.39 is 12.0 Å². The summed E-state index contributed by atoms with van der Waals surface area (Å²) >= 11 is 0. The lowest BCUT2D eigenvalue weighted by Crippen LogP contribution is -2.34. The minimum absolute atomic E-state index is 0.0873. The SMILES string of the molecule is Cc1ccc(C)c(OCCC(=O)N[C@H](C(=O)O)c2ccccc2)c1. The van der Waals surface area contributed by atoms with Crippen LogP contribution in [-0.2, 0) is 9.59 Å². The van der Waals surface area contributed by atoms with Crippen molar-refractivity contribution < 1.29 is 19.4 Å². The summed E-state index contributed by atoms with van der Waals surface area (Å²) in [5, 5.41) is 11.8. The van der Waals surface area contributed by atoms with Crippen molar-refractivity contribution in [3.8, 4) is 5.75 Å². The molecule has 0 aliphatic heterocycles. The monoisotopic (exact) mass is 327 g/mol. The highest BCUT2D eigenvalue weighted by atomic mass is 16.5. The number of hydrogen-bond acceptors (Lipinski definition) is 3. The summed E-state index contributed by atoms with van der Waals surface area (Å²) in [4.78, 5) is 23.4. The molecule has 0 spiro atoms. The van der Waals surface area contributed by atoms with Crippen molar-refractivity contribution in [2.45, 2.75) is 26.3 Å². The van der Waals surface area contributed by atoms with E-state index in [0.29, 0.717) is 5.56 Å². The second kappa shape index (κ2) is 8.15. The third-order valence-corrected chi connectivity index (χ3v) is 3.62. The lowest BCUT2D eigenvalue weighted by molar-refractivity contribution is -0.142. The van der Waals surface area contributed by atoms with Gasteiger partial charge in [-0.05, 0) is 36.6 Å². The van der Waals surface area contributed by atoms with E-state index in [1.165, 1.54) is 0 Å². The van der Waals surface area contributed by atoms with Gasteiger partial charge in [0.25, 0.3) is 0 Å². The fourth-order valence-corrected chi connectivity index (χ4v) is 2.28. The normalized spacial score (nSPS) is 11.6. The molecule has 2 rings (SSSR count). The van der Waals surface area contributed by atoms with Crippen molar-refractivity contribution in [3.63, 3.8) is 0 Å². The van der Waals surface area contributed by atoms with E-state index in [1.54, 1.807) is 30.3 Å². The Morgan fingerprint density at radius 3 is 2.50 bits per heavy atom. The van der Waals surface area contributed by atoms with Crippen LogP contribution in [0.2, 0.25) is 0 Å². The molecule has 24 heavy (non-hydrogen) atoms. The van der Waals surface area contributed by atoms with Crippen LogP contribution in [0.15, 0.2) is 48.5 Å². The Hall–Kier alpha value is -2.82. The molecule has 2 aromatic rings. The quantitative estimate of drug-likeness (QED) is 0.819. The number of ether oxygens (including phenoxy) is 1. The largest absolute Gasteiger partial charge is 0.493 e. The number of carboxylic acid groups (broad SMARTS) is 1. The Morgan fingerprint density at radius 1 is 1.12 bits per heavy atom. The standard InChI is InChI=1S/C19H21NO4/c1-13-8-9-14(2)16(12-13)24-11-10-17(21)20-18(19(22)23)15-6-4-3-5-7-15/h3-9,12,18H,10-11H2,1-2H3,(H,20,21)(H,22,23)/t18-/m0/s1. The summed E-state index contributed by atoms with van der Waals surface area (Å²) < 4.78 is 5.63. The molecule has 0 fully saturated rings. The number of carbonyl (C=O) groups is 2. The maximum Gasteiger partial charge on any atom is 0.330 e. The molecule has 2 aromatic carbocycles. The zero-order chi connectivity index (χ0) is 17.5. The molecule has 2 N–H and O–H groups in total. The molecule has 0 saturated heterocycles. The van der Waals surface area contributed by atoms with Crippen molar-refractivity contribution in [3.05, 3.63) is 65.2 Å². The van der Waals surface area contributed by atoms with E-state index in [9.17, 15) is 14.7 Å². The highest BCUT2D eigenvalue weighted by Gasteiger charge is 2.21. The molecule has 0 aromatic heterocycles. The van der Waals surface area contributed by atoms with Gasteiger partial charge in [0.05, 0.1) is 13.0 Å². The molecule has 0 aliphatic rings. The zero-order valence-corrected chi connectivity index (χ0v) is 13.8.